The minimum absolute atomic E-state index is 0.230. The van der Waals surface area contributed by atoms with Gasteiger partial charge < -0.3 is 9.64 Å². The SMILES string of the molecule is CCN(CC1CC1)c1nc(CC(=O)OC)cs1. The molecule has 0 N–H and O–H groups in total. The largest absolute Gasteiger partial charge is 0.469 e. The highest BCUT2D eigenvalue weighted by Crippen LogP contribution is 2.32. The number of hydrogen-bond acceptors (Lipinski definition) is 5. The Morgan fingerprint density at radius 2 is 2.41 bits per heavy atom. The molecule has 0 unspecified atom stereocenters. The zero-order chi connectivity index (χ0) is 12.3. The van der Waals surface area contributed by atoms with Gasteiger partial charge in [0.25, 0.3) is 0 Å². The van der Waals surface area contributed by atoms with Crippen molar-refractivity contribution < 1.29 is 9.53 Å². The number of thiazole rings is 1. The molecule has 1 fully saturated rings. The van der Waals surface area contributed by atoms with E-state index >= 15 is 0 Å². The smallest absolute Gasteiger partial charge is 0.311 e. The van der Waals surface area contributed by atoms with E-state index in [0.717, 1.165) is 29.8 Å². The van der Waals surface area contributed by atoms with Crippen LogP contribution in [0.4, 0.5) is 5.13 Å². The summed E-state index contributed by atoms with van der Waals surface area (Å²) in [6.07, 6.45) is 2.96. The van der Waals surface area contributed by atoms with E-state index in [0.29, 0.717) is 0 Å². The Balaban J connectivity index is 1.97. The predicted molar refractivity (Wildman–Crippen MR) is 68.4 cm³/mol. The van der Waals surface area contributed by atoms with Crippen LogP contribution in [0.15, 0.2) is 5.38 Å². The number of hydrogen-bond donors (Lipinski definition) is 0. The normalized spacial score (nSPS) is 14.7. The lowest BCUT2D eigenvalue weighted by molar-refractivity contribution is -0.139. The van der Waals surface area contributed by atoms with Crippen molar-refractivity contribution >= 4 is 22.4 Å². The molecular formula is C12H18N2O2S. The van der Waals surface area contributed by atoms with Crippen LogP contribution < -0.4 is 4.90 Å². The van der Waals surface area contributed by atoms with Gasteiger partial charge in [0.2, 0.25) is 0 Å². The van der Waals surface area contributed by atoms with Crippen LogP contribution in [0.2, 0.25) is 0 Å². The predicted octanol–water partition coefficient (Wildman–Crippen LogP) is 2.09. The van der Waals surface area contributed by atoms with Crippen molar-refractivity contribution in [3.63, 3.8) is 0 Å². The summed E-state index contributed by atoms with van der Waals surface area (Å²) in [6.45, 7) is 4.22. The Hall–Kier alpha value is -1.10. The van der Waals surface area contributed by atoms with Crippen molar-refractivity contribution in [3.05, 3.63) is 11.1 Å². The van der Waals surface area contributed by atoms with E-state index in [1.54, 1.807) is 11.3 Å². The first kappa shape index (κ1) is 12.4. The molecule has 0 atom stereocenters. The van der Waals surface area contributed by atoms with Crippen LogP contribution in [-0.2, 0) is 16.0 Å². The van der Waals surface area contributed by atoms with Crippen LogP contribution >= 0.6 is 11.3 Å². The topological polar surface area (TPSA) is 42.4 Å². The molecule has 0 saturated heterocycles. The molecule has 0 radical (unpaired) electrons. The van der Waals surface area contributed by atoms with Gasteiger partial charge in [-0.05, 0) is 25.7 Å². The van der Waals surface area contributed by atoms with Gasteiger partial charge in [0, 0.05) is 18.5 Å². The number of esters is 1. The second kappa shape index (κ2) is 5.49. The fraction of sp³-hybridized carbons (Fsp3) is 0.667. The molecule has 0 bridgehead atoms. The zero-order valence-corrected chi connectivity index (χ0v) is 11.1. The molecule has 17 heavy (non-hydrogen) atoms. The van der Waals surface area contributed by atoms with Crippen LogP contribution in [0, 0.1) is 5.92 Å². The summed E-state index contributed by atoms with van der Waals surface area (Å²) < 4.78 is 4.64. The Morgan fingerprint density at radius 1 is 1.65 bits per heavy atom. The third kappa shape index (κ3) is 3.43. The fourth-order valence-corrected chi connectivity index (χ4v) is 2.60. The zero-order valence-electron chi connectivity index (χ0n) is 10.3. The summed E-state index contributed by atoms with van der Waals surface area (Å²) in [5.74, 6) is 0.620. The van der Waals surface area contributed by atoms with Gasteiger partial charge in [-0.1, -0.05) is 0 Å². The lowest BCUT2D eigenvalue weighted by Crippen LogP contribution is -2.25. The average molecular weight is 254 g/mol. The summed E-state index contributed by atoms with van der Waals surface area (Å²) in [6, 6.07) is 0. The summed E-state index contributed by atoms with van der Waals surface area (Å²) >= 11 is 1.61. The van der Waals surface area contributed by atoms with Gasteiger partial charge in [-0.25, -0.2) is 4.98 Å². The van der Waals surface area contributed by atoms with Gasteiger partial charge in [0.1, 0.15) is 0 Å². The van der Waals surface area contributed by atoms with Gasteiger partial charge in [-0.3, -0.25) is 4.79 Å². The number of ether oxygens (including phenoxy) is 1. The fourth-order valence-electron chi connectivity index (χ4n) is 1.70. The molecule has 1 aromatic rings. The molecule has 1 aliphatic carbocycles. The van der Waals surface area contributed by atoms with Gasteiger partial charge in [0.05, 0.1) is 19.2 Å². The number of rotatable bonds is 6. The van der Waals surface area contributed by atoms with Crippen molar-refractivity contribution in [3.8, 4) is 0 Å². The highest BCUT2D eigenvalue weighted by molar-refractivity contribution is 7.13. The first-order valence-electron chi connectivity index (χ1n) is 5.99. The number of nitrogens with zero attached hydrogens (tertiary/aromatic N) is 2. The van der Waals surface area contributed by atoms with Gasteiger partial charge >= 0.3 is 5.97 Å². The van der Waals surface area contributed by atoms with Crippen molar-refractivity contribution in [2.45, 2.75) is 26.2 Å². The van der Waals surface area contributed by atoms with E-state index in [9.17, 15) is 4.79 Å². The highest BCUT2D eigenvalue weighted by Gasteiger charge is 2.25. The van der Waals surface area contributed by atoms with Gasteiger partial charge in [0.15, 0.2) is 5.13 Å². The Kier molecular flexibility index (Phi) is 3.99. The molecule has 0 aliphatic heterocycles. The minimum Gasteiger partial charge on any atom is -0.469 e. The van der Waals surface area contributed by atoms with Crippen LogP contribution in [0.3, 0.4) is 0 Å². The van der Waals surface area contributed by atoms with E-state index in [1.165, 1.54) is 20.0 Å². The average Bonchev–Trinajstić information content (AvgIpc) is 3.05. The van der Waals surface area contributed by atoms with Crippen LogP contribution in [-0.4, -0.2) is 31.2 Å². The Morgan fingerprint density at radius 3 is 3.00 bits per heavy atom. The summed E-state index contributed by atoms with van der Waals surface area (Å²) in [4.78, 5) is 17.9. The van der Waals surface area contributed by atoms with Crippen molar-refractivity contribution in [1.29, 1.82) is 0 Å². The second-order valence-electron chi connectivity index (χ2n) is 4.36. The summed E-state index contributed by atoms with van der Waals surface area (Å²) in [5.41, 5.74) is 0.811. The van der Waals surface area contributed by atoms with Crippen molar-refractivity contribution in [2.75, 3.05) is 25.1 Å². The number of anilines is 1. The van der Waals surface area contributed by atoms with E-state index in [2.05, 4.69) is 21.5 Å². The minimum atomic E-state index is -0.230. The molecule has 1 saturated carbocycles. The standard InChI is InChI=1S/C12H18N2O2S/c1-3-14(7-9-4-5-9)12-13-10(8-17-12)6-11(15)16-2/h8-9H,3-7H2,1-2H3. The van der Waals surface area contributed by atoms with Gasteiger partial charge in [-0.15, -0.1) is 11.3 Å². The first-order chi connectivity index (χ1) is 8.22. The number of methoxy groups -OCH3 is 1. The van der Waals surface area contributed by atoms with Gasteiger partial charge in [-0.2, -0.15) is 0 Å². The van der Waals surface area contributed by atoms with E-state index in [-0.39, 0.29) is 12.4 Å². The molecule has 0 aromatic carbocycles. The number of aromatic nitrogens is 1. The van der Waals surface area contributed by atoms with E-state index in [4.69, 9.17) is 0 Å². The molecule has 94 valence electrons. The first-order valence-corrected chi connectivity index (χ1v) is 6.87. The molecule has 0 spiro atoms. The summed E-state index contributed by atoms with van der Waals surface area (Å²) in [5, 5.41) is 2.97. The molecule has 1 aromatic heterocycles. The molecule has 0 amide bonds. The molecule has 1 aliphatic rings. The second-order valence-corrected chi connectivity index (χ2v) is 5.19. The number of carbonyl (C=O) groups excluding carboxylic acids is 1. The molecule has 4 nitrogen and oxygen atoms in total. The van der Waals surface area contributed by atoms with E-state index in [1.807, 2.05) is 5.38 Å². The lowest BCUT2D eigenvalue weighted by atomic mass is 10.3. The quantitative estimate of drug-likeness (QED) is 0.729. The van der Waals surface area contributed by atoms with E-state index < -0.39 is 0 Å². The lowest BCUT2D eigenvalue weighted by Gasteiger charge is -2.19. The molecule has 5 heteroatoms. The Bertz CT molecular complexity index is 388. The number of carbonyl (C=O) groups is 1. The van der Waals surface area contributed by atoms with Crippen LogP contribution in [0.25, 0.3) is 0 Å². The van der Waals surface area contributed by atoms with Crippen molar-refractivity contribution in [1.82, 2.24) is 4.98 Å². The van der Waals surface area contributed by atoms with Crippen LogP contribution in [0.5, 0.6) is 0 Å². The molecular weight excluding hydrogens is 236 g/mol. The Labute approximate surface area is 106 Å². The third-order valence-electron chi connectivity index (χ3n) is 2.92. The maximum Gasteiger partial charge on any atom is 0.311 e. The third-order valence-corrected chi connectivity index (χ3v) is 3.87. The maximum absolute atomic E-state index is 11.1. The molecule has 1 heterocycles. The molecule has 2 rings (SSSR count). The van der Waals surface area contributed by atoms with Crippen LogP contribution in [0.1, 0.15) is 25.5 Å². The maximum atomic E-state index is 11.1. The monoisotopic (exact) mass is 254 g/mol. The van der Waals surface area contributed by atoms with Crippen molar-refractivity contribution in [2.24, 2.45) is 5.92 Å². The summed E-state index contributed by atoms with van der Waals surface area (Å²) in [7, 11) is 1.40. The highest BCUT2D eigenvalue weighted by atomic mass is 32.1.